The van der Waals surface area contributed by atoms with Gasteiger partial charge in [0.05, 0.1) is 10.7 Å². The van der Waals surface area contributed by atoms with Gasteiger partial charge in [-0.05, 0) is 62.1 Å². The third-order valence-corrected chi connectivity index (χ3v) is 6.57. The fourth-order valence-electron chi connectivity index (χ4n) is 4.20. The largest absolute Gasteiger partial charge is 0.350 e. The minimum atomic E-state index is -0.752. The van der Waals surface area contributed by atoms with E-state index in [0.29, 0.717) is 17.8 Å². The van der Waals surface area contributed by atoms with E-state index in [1.165, 1.54) is 12.1 Å². The Bertz CT molecular complexity index is 1170. The molecule has 2 aromatic rings. The van der Waals surface area contributed by atoms with Crippen molar-refractivity contribution in [2.75, 3.05) is 16.8 Å². The lowest BCUT2D eigenvalue weighted by Crippen LogP contribution is -2.43. The number of imide groups is 1. The van der Waals surface area contributed by atoms with Gasteiger partial charge in [0.15, 0.2) is 0 Å². The summed E-state index contributed by atoms with van der Waals surface area (Å²) in [6, 6.07) is 10.5. The highest BCUT2D eigenvalue weighted by molar-refractivity contribution is 6.53. The molecule has 1 fully saturated rings. The summed E-state index contributed by atoms with van der Waals surface area (Å²) in [5.74, 6) is -2.19. The second-order valence-electron chi connectivity index (χ2n) is 8.00. The monoisotopic (exact) mass is 489 g/mol. The molecule has 0 aromatic heterocycles. The van der Waals surface area contributed by atoms with E-state index in [4.69, 9.17) is 23.2 Å². The van der Waals surface area contributed by atoms with Crippen molar-refractivity contribution in [3.8, 4) is 0 Å². The van der Waals surface area contributed by atoms with Crippen LogP contribution in [0.3, 0.4) is 0 Å². The maximum atomic E-state index is 13.5. The molecule has 2 aliphatic heterocycles. The zero-order valence-electron chi connectivity index (χ0n) is 17.9. The fraction of sp³-hybridized carbons (Fsp3) is 0.292. The number of benzene rings is 2. The molecule has 2 aliphatic rings. The van der Waals surface area contributed by atoms with Gasteiger partial charge in [-0.2, -0.15) is 0 Å². The maximum Gasteiger partial charge on any atom is 0.283 e. The molecule has 2 aromatic carbocycles. The van der Waals surface area contributed by atoms with Crippen molar-refractivity contribution in [3.63, 3.8) is 0 Å². The minimum Gasteiger partial charge on any atom is -0.350 e. The van der Waals surface area contributed by atoms with Crippen LogP contribution in [0.4, 0.5) is 15.8 Å². The standard InChI is InChI=1S/C24H22Cl2FN3O3/c1-2-16-8-3-4-11-29(16)22(31)14-6-5-7-15(12-14)28-21-20(26)23(32)30(24(21)33)17-9-10-19(27)18(25)13-17/h5-7,9-10,12-13,16,28H,2-4,8,11H2,1H3. The Morgan fingerprint density at radius 3 is 2.64 bits per heavy atom. The van der Waals surface area contributed by atoms with Gasteiger partial charge in [0.2, 0.25) is 0 Å². The summed E-state index contributed by atoms with van der Waals surface area (Å²) >= 11 is 12.0. The summed E-state index contributed by atoms with van der Waals surface area (Å²) in [5.41, 5.74) is 0.900. The molecule has 1 saturated heterocycles. The van der Waals surface area contributed by atoms with Crippen LogP contribution in [0.1, 0.15) is 43.0 Å². The lowest BCUT2D eigenvalue weighted by Gasteiger charge is -2.35. The van der Waals surface area contributed by atoms with E-state index >= 15 is 0 Å². The third kappa shape index (κ3) is 4.48. The number of amides is 3. The Kier molecular flexibility index (Phi) is 6.72. The minimum absolute atomic E-state index is 0.0679. The highest BCUT2D eigenvalue weighted by Crippen LogP contribution is 2.32. The Balaban J connectivity index is 1.56. The van der Waals surface area contributed by atoms with Crippen LogP contribution in [0.5, 0.6) is 0 Å². The molecule has 6 nitrogen and oxygen atoms in total. The molecular formula is C24H22Cl2FN3O3. The summed E-state index contributed by atoms with van der Waals surface area (Å²) in [6.07, 6.45) is 3.97. The average Bonchev–Trinajstić information content (AvgIpc) is 3.03. The van der Waals surface area contributed by atoms with Gasteiger partial charge >= 0.3 is 0 Å². The number of nitrogens with zero attached hydrogens (tertiary/aromatic N) is 2. The zero-order chi connectivity index (χ0) is 23.7. The number of anilines is 2. The highest BCUT2D eigenvalue weighted by Gasteiger charge is 2.39. The van der Waals surface area contributed by atoms with E-state index < -0.39 is 17.6 Å². The van der Waals surface area contributed by atoms with Gasteiger partial charge in [0, 0.05) is 23.8 Å². The summed E-state index contributed by atoms with van der Waals surface area (Å²) in [6.45, 7) is 2.79. The molecule has 172 valence electrons. The lowest BCUT2D eigenvalue weighted by atomic mass is 9.99. The molecule has 0 spiro atoms. The first-order valence-electron chi connectivity index (χ1n) is 10.7. The lowest BCUT2D eigenvalue weighted by molar-refractivity contribution is -0.120. The van der Waals surface area contributed by atoms with Crippen LogP contribution in [0, 0.1) is 5.82 Å². The van der Waals surface area contributed by atoms with Crippen LogP contribution >= 0.6 is 23.2 Å². The van der Waals surface area contributed by atoms with Gasteiger partial charge in [-0.3, -0.25) is 14.4 Å². The molecule has 3 amide bonds. The van der Waals surface area contributed by atoms with Crippen LogP contribution in [-0.2, 0) is 9.59 Å². The first-order chi connectivity index (χ1) is 15.8. The first kappa shape index (κ1) is 23.3. The van der Waals surface area contributed by atoms with E-state index in [0.717, 1.165) is 36.6 Å². The van der Waals surface area contributed by atoms with Gasteiger partial charge in [0.1, 0.15) is 16.5 Å². The van der Waals surface area contributed by atoms with E-state index in [2.05, 4.69) is 12.2 Å². The Labute approximate surface area is 200 Å². The van der Waals surface area contributed by atoms with Gasteiger partial charge in [-0.15, -0.1) is 0 Å². The Morgan fingerprint density at radius 1 is 1.12 bits per heavy atom. The highest BCUT2D eigenvalue weighted by atomic mass is 35.5. The summed E-state index contributed by atoms with van der Waals surface area (Å²) < 4.78 is 13.5. The zero-order valence-corrected chi connectivity index (χ0v) is 19.4. The number of carbonyl (C=O) groups excluding carboxylic acids is 3. The molecule has 1 N–H and O–H groups in total. The number of piperidine rings is 1. The summed E-state index contributed by atoms with van der Waals surface area (Å²) in [5, 5.41) is 2.35. The van der Waals surface area contributed by atoms with E-state index in [1.54, 1.807) is 24.3 Å². The molecule has 0 radical (unpaired) electrons. The quantitative estimate of drug-likeness (QED) is 0.577. The maximum absolute atomic E-state index is 13.5. The van der Waals surface area contributed by atoms with Crippen LogP contribution < -0.4 is 10.2 Å². The fourth-order valence-corrected chi connectivity index (χ4v) is 4.59. The summed E-state index contributed by atoms with van der Waals surface area (Å²) in [7, 11) is 0. The van der Waals surface area contributed by atoms with E-state index in [-0.39, 0.29) is 33.4 Å². The molecule has 0 aliphatic carbocycles. The molecule has 1 unspecified atom stereocenters. The van der Waals surface area contributed by atoms with Crippen molar-refractivity contribution in [2.24, 2.45) is 0 Å². The van der Waals surface area contributed by atoms with Crippen molar-refractivity contribution >= 4 is 52.3 Å². The SMILES string of the molecule is CCC1CCCCN1C(=O)c1cccc(NC2=C(Cl)C(=O)N(c3ccc(F)c(Cl)c3)C2=O)c1. The molecule has 33 heavy (non-hydrogen) atoms. The molecule has 2 heterocycles. The van der Waals surface area contributed by atoms with Crippen LogP contribution in [-0.4, -0.2) is 35.2 Å². The number of likely N-dealkylation sites (tertiary alicyclic amines) is 1. The van der Waals surface area contributed by atoms with E-state index in [9.17, 15) is 18.8 Å². The molecule has 9 heteroatoms. The number of carbonyl (C=O) groups is 3. The first-order valence-corrected chi connectivity index (χ1v) is 11.5. The molecule has 0 saturated carbocycles. The van der Waals surface area contributed by atoms with Crippen molar-refractivity contribution in [2.45, 2.75) is 38.6 Å². The molecule has 4 rings (SSSR count). The second kappa shape index (κ2) is 9.53. The normalized spacial score (nSPS) is 18.8. The topological polar surface area (TPSA) is 69.7 Å². The van der Waals surface area contributed by atoms with Gasteiger partial charge in [0.25, 0.3) is 17.7 Å². The third-order valence-electron chi connectivity index (χ3n) is 5.93. The predicted molar refractivity (Wildman–Crippen MR) is 126 cm³/mol. The average molecular weight is 490 g/mol. The van der Waals surface area contributed by atoms with Gasteiger partial charge < -0.3 is 10.2 Å². The molecule has 1 atom stereocenters. The van der Waals surface area contributed by atoms with Crippen molar-refractivity contribution in [3.05, 3.63) is 69.6 Å². The van der Waals surface area contributed by atoms with Crippen molar-refractivity contribution in [1.82, 2.24) is 4.90 Å². The Hall–Kier alpha value is -2.90. The van der Waals surface area contributed by atoms with Crippen LogP contribution in [0.25, 0.3) is 0 Å². The number of hydrogen-bond acceptors (Lipinski definition) is 4. The second-order valence-corrected chi connectivity index (χ2v) is 8.78. The van der Waals surface area contributed by atoms with Crippen molar-refractivity contribution in [1.29, 1.82) is 0 Å². The molecular weight excluding hydrogens is 468 g/mol. The van der Waals surface area contributed by atoms with E-state index in [1.807, 2.05) is 4.90 Å². The number of halogens is 3. The number of nitrogens with one attached hydrogen (secondary N) is 1. The predicted octanol–water partition coefficient (Wildman–Crippen LogP) is 5.32. The smallest absolute Gasteiger partial charge is 0.283 e. The van der Waals surface area contributed by atoms with Crippen molar-refractivity contribution < 1.29 is 18.8 Å². The molecule has 0 bridgehead atoms. The van der Waals surface area contributed by atoms with Gasteiger partial charge in [-0.25, -0.2) is 9.29 Å². The van der Waals surface area contributed by atoms with Crippen LogP contribution in [0.2, 0.25) is 5.02 Å². The number of rotatable bonds is 5. The number of hydrogen-bond donors (Lipinski definition) is 1. The summed E-state index contributed by atoms with van der Waals surface area (Å²) in [4.78, 5) is 41.5. The Morgan fingerprint density at radius 2 is 1.91 bits per heavy atom. The van der Waals surface area contributed by atoms with Gasteiger partial charge in [-0.1, -0.05) is 36.2 Å². The van der Waals surface area contributed by atoms with Crippen LogP contribution in [0.15, 0.2) is 53.2 Å².